The first-order chi connectivity index (χ1) is 6.73. The van der Waals surface area contributed by atoms with Crippen molar-refractivity contribution in [1.82, 2.24) is 0 Å². The van der Waals surface area contributed by atoms with Gasteiger partial charge in [-0.25, -0.2) is 0 Å². The van der Waals surface area contributed by atoms with Crippen LogP contribution in [0.1, 0.15) is 55.4 Å². The highest BCUT2D eigenvalue weighted by molar-refractivity contribution is 6.58. The Bertz CT molecular complexity index is 120. The lowest BCUT2D eigenvalue weighted by Crippen LogP contribution is -2.24. The Morgan fingerprint density at radius 1 is 0.733 bits per heavy atom. The van der Waals surface area contributed by atoms with Crippen LogP contribution in [0.25, 0.3) is 0 Å². The molecule has 0 saturated carbocycles. The first-order valence-electron chi connectivity index (χ1n) is 6.26. The van der Waals surface area contributed by atoms with Gasteiger partial charge >= 0.3 is 0 Å². The summed E-state index contributed by atoms with van der Waals surface area (Å²) < 4.78 is 5.55. The smallest absolute Gasteiger partial charge is 0.167 e. The van der Waals surface area contributed by atoms with Gasteiger partial charge in [-0.1, -0.05) is 55.4 Å². The highest BCUT2D eigenvalue weighted by Crippen LogP contribution is 2.19. The quantitative estimate of drug-likeness (QED) is 0.695. The molecule has 0 rings (SSSR count). The number of hydrogen-bond donors (Lipinski definition) is 0. The van der Waals surface area contributed by atoms with Gasteiger partial charge in [0.25, 0.3) is 0 Å². The fourth-order valence-electron chi connectivity index (χ4n) is 1.31. The molecule has 0 amide bonds. The zero-order valence-electron chi connectivity index (χ0n) is 12.3. The van der Waals surface area contributed by atoms with E-state index < -0.39 is 9.04 Å². The summed E-state index contributed by atoms with van der Waals surface area (Å²) in [6.45, 7) is 18.1. The van der Waals surface area contributed by atoms with Gasteiger partial charge in [0.2, 0.25) is 0 Å². The Kier molecular flexibility index (Phi) is 11.4. The minimum absolute atomic E-state index is 0.798. The summed E-state index contributed by atoms with van der Waals surface area (Å²) in [5, 5.41) is 0. The molecule has 0 aliphatic heterocycles. The lowest BCUT2D eigenvalue weighted by molar-refractivity contribution is 0.457. The van der Waals surface area contributed by atoms with Crippen molar-refractivity contribution >= 4 is 19.5 Å². The summed E-state index contributed by atoms with van der Waals surface area (Å²) in [6.07, 6.45) is 0. The van der Waals surface area contributed by atoms with E-state index in [0.29, 0.717) is 0 Å². The van der Waals surface area contributed by atoms with Crippen molar-refractivity contribution in [2.45, 2.75) is 66.5 Å². The molecule has 0 unspecified atom stereocenters. The van der Waals surface area contributed by atoms with Gasteiger partial charge in [-0.05, 0) is 22.9 Å². The van der Waals surface area contributed by atoms with E-state index in [1.165, 1.54) is 0 Å². The van der Waals surface area contributed by atoms with E-state index in [-0.39, 0.29) is 0 Å². The molecule has 0 saturated heterocycles. The summed E-state index contributed by atoms with van der Waals surface area (Å²) in [6, 6.07) is 0. The maximum Gasteiger partial charge on any atom is 0.167 e. The van der Waals surface area contributed by atoms with E-state index >= 15 is 0 Å². The molecule has 0 spiro atoms. The van der Waals surface area contributed by atoms with Crippen molar-refractivity contribution in [2.24, 2.45) is 11.8 Å². The minimum atomic E-state index is -0.798. The Morgan fingerprint density at radius 3 is 1.00 bits per heavy atom. The van der Waals surface area contributed by atoms with E-state index in [0.717, 1.165) is 33.4 Å². The van der Waals surface area contributed by atoms with E-state index in [1.807, 2.05) is 0 Å². The topological polar surface area (TPSA) is 9.23 Å². The van der Waals surface area contributed by atoms with Gasteiger partial charge in [0, 0.05) is 0 Å². The molecule has 0 fully saturated rings. The summed E-state index contributed by atoms with van der Waals surface area (Å²) in [7, 11) is 0.132. The Hall–Kier alpha value is 0.394. The van der Waals surface area contributed by atoms with Gasteiger partial charge in [-0.3, -0.25) is 0 Å². The molecule has 94 valence electrons. The van der Waals surface area contributed by atoms with Gasteiger partial charge in [0.05, 0.1) is 0 Å². The van der Waals surface area contributed by atoms with Crippen LogP contribution in [0, 0.1) is 11.8 Å². The Balaban J connectivity index is 0. The van der Waals surface area contributed by atoms with Crippen LogP contribution in [-0.4, -0.2) is 19.5 Å². The fraction of sp³-hybridized carbons (Fsp3) is 1.00. The van der Waals surface area contributed by atoms with Crippen molar-refractivity contribution in [3.8, 4) is 0 Å². The normalized spacial score (nSPS) is 11.8. The first kappa shape index (κ1) is 17.8. The molecule has 0 aliphatic rings. The van der Waals surface area contributed by atoms with E-state index in [2.05, 4.69) is 55.4 Å². The predicted octanol–water partition coefficient (Wildman–Crippen LogP) is 3.13. The van der Waals surface area contributed by atoms with Crippen LogP contribution < -0.4 is 0 Å². The molecule has 0 aliphatic carbocycles. The molecule has 0 heterocycles. The Morgan fingerprint density at radius 2 is 1.00 bits per heavy atom. The van der Waals surface area contributed by atoms with Gasteiger partial charge in [-0.15, -0.1) is 0 Å². The maximum atomic E-state index is 5.55. The molecule has 0 radical (unpaired) electrons. The molecule has 0 N–H and O–H groups in total. The summed E-state index contributed by atoms with van der Waals surface area (Å²) >= 11 is 0. The maximum absolute atomic E-state index is 5.55. The van der Waals surface area contributed by atoms with Crippen molar-refractivity contribution in [2.75, 3.05) is 0 Å². The first-order valence-corrected chi connectivity index (χ1v) is 8.88. The zero-order valence-corrected chi connectivity index (χ0v) is 15.4. The third-order valence-corrected chi connectivity index (χ3v) is 7.73. The standard InChI is InChI=1S/C6H18OSi2.C6H14/c1-5(2)9(7-8)6(3)4;1-5(2)6(3)4/h5-6,9H,1-4,8H3;5-6H,1-4H3. The summed E-state index contributed by atoms with van der Waals surface area (Å²) in [5.74, 6) is 1.70. The molecule has 1 nitrogen and oxygen atoms in total. The highest BCUT2D eigenvalue weighted by atomic mass is 28.3. The third kappa shape index (κ3) is 10.7. The molecule has 0 aromatic carbocycles. The SMILES string of the molecule is CC(C)C(C)C.CC(C)[SiH](O[SiH3])C(C)C. The average molecular weight is 249 g/mol. The van der Waals surface area contributed by atoms with Crippen LogP contribution in [-0.2, 0) is 4.12 Å². The highest BCUT2D eigenvalue weighted by Gasteiger charge is 2.17. The van der Waals surface area contributed by atoms with Crippen molar-refractivity contribution in [3.05, 3.63) is 0 Å². The molecule has 15 heavy (non-hydrogen) atoms. The monoisotopic (exact) mass is 248 g/mol. The summed E-state index contributed by atoms with van der Waals surface area (Å²) in [5.41, 5.74) is 1.62. The van der Waals surface area contributed by atoms with Crippen LogP contribution in [0.2, 0.25) is 11.1 Å². The van der Waals surface area contributed by atoms with E-state index in [4.69, 9.17) is 4.12 Å². The van der Waals surface area contributed by atoms with Crippen LogP contribution in [0.15, 0.2) is 0 Å². The molecule has 3 heteroatoms. The second-order valence-electron chi connectivity index (χ2n) is 5.68. The van der Waals surface area contributed by atoms with E-state index in [9.17, 15) is 0 Å². The average Bonchev–Trinajstić information content (AvgIpc) is 2.04. The van der Waals surface area contributed by atoms with Crippen LogP contribution in [0.4, 0.5) is 0 Å². The molecular weight excluding hydrogens is 216 g/mol. The lowest BCUT2D eigenvalue weighted by atomic mass is 10.0. The second-order valence-corrected chi connectivity index (χ2v) is 11.2. The Labute approximate surface area is 102 Å². The van der Waals surface area contributed by atoms with Gasteiger partial charge in [0.15, 0.2) is 9.04 Å². The lowest BCUT2D eigenvalue weighted by Gasteiger charge is -2.20. The molecular formula is C12H32OSi2. The number of hydrogen-bond acceptors (Lipinski definition) is 1. The predicted molar refractivity (Wildman–Crippen MR) is 78.0 cm³/mol. The van der Waals surface area contributed by atoms with Gasteiger partial charge in [0.1, 0.15) is 10.5 Å². The second kappa shape index (κ2) is 9.61. The number of rotatable bonds is 4. The minimum Gasteiger partial charge on any atom is -0.465 e. The van der Waals surface area contributed by atoms with Crippen LogP contribution in [0.3, 0.4) is 0 Å². The molecule has 0 aromatic rings. The largest absolute Gasteiger partial charge is 0.465 e. The molecule has 0 aromatic heterocycles. The van der Waals surface area contributed by atoms with Crippen LogP contribution >= 0.6 is 0 Å². The van der Waals surface area contributed by atoms with Crippen LogP contribution in [0.5, 0.6) is 0 Å². The molecule has 0 bridgehead atoms. The fourth-order valence-corrected chi connectivity index (χ4v) is 7.21. The van der Waals surface area contributed by atoms with Crippen molar-refractivity contribution in [1.29, 1.82) is 0 Å². The van der Waals surface area contributed by atoms with Gasteiger partial charge < -0.3 is 4.12 Å². The van der Waals surface area contributed by atoms with E-state index in [1.54, 1.807) is 0 Å². The van der Waals surface area contributed by atoms with Gasteiger partial charge in [-0.2, -0.15) is 0 Å². The summed E-state index contributed by atoms with van der Waals surface area (Å²) in [4.78, 5) is 0. The van der Waals surface area contributed by atoms with Crippen molar-refractivity contribution in [3.63, 3.8) is 0 Å². The van der Waals surface area contributed by atoms with Crippen molar-refractivity contribution < 1.29 is 4.12 Å². The molecule has 0 atom stereocenters. The third-order valence-electron chi connectivity index (χ3n) is 2.92. The zero-order chi connectivity index (χ0) is 12.6.